The highest BCUT2D eigenvalue weighted by Crippen LogP contribution is 2.46. The Morgan fingerprint density at radius 3 is 2.89 bits per heavy atom. The van der Waals surface area contributed by atoms with Crippen molar-refractivity contribution in [2.24, 2.45) is 0 Å². The van der Waals surface area contributed by atoms with Gasteiger partial charge in [0.1, 0.15) is 11.1 Å². The van der Waals surface area contributed by atoms with Crippen LogP contribution in [0.5, 0.6) is 0 Å². The Hall–Kier alpha value is -3.20. The molecule has 2 aromatic heterocycles. The van der Waals surface area contributed by atoms with E-state index in [0.29, 0.717) is 27.9 Å². The van der Waals surface area contributed by atoms with E-state index in [9.17, 15) is 5.26 Å². The fourth-order valence-corrected chi connectivity index (χ4v) is 6.17. The normalized spacial score (nSPS) is 18.3. The number of nitriles is 1. The van der Waals surface area contributed by atoms with E-state index in [1.807, 2.05) is 6.07 Å². The number of thiophene rings is 1. The third-order valence-corrected chi connectivity index (χ3v) is 7.82. The molecule has 0 aromatic carbocycles. The molecule has 2 aromatic rings. The zero-order valence-electron chi connectivity index (χ0n) is 20.7. The van der Waals surface area contributed by atoms with E-state index in [2.05, 4.69) is 48.0 Å². The van der Waals surface area contributed by atoms with Crippen molar-refractivity contribution < 1.29 is 0 Å². The van der Waals surface area contributed by atoms with Crippen LogP contribution in [0.2, 0.25) is 0 Å². The predicted octanol–water partition coefficient (Wildman–Crippen LogP) is 4.65. The zero-order valence-corrected chi connectivity index (χ0v) is 21.5. The third kappa shape index (κ3) is 5.73. The van der Waals surface area contributed by atoms with Crippen molar-refractivity contribution in [3.63, 3.8) is 0 Å². The van der Waals surface area contributed by atoms with Crippen LogP contribution >= 0.6 is 11.3 Å². The lowest BCUT2D eigenvalue weighted by Gasteiger charge is -2.27. The number of hydrogen-bond donors (Lipinski definition) is 3. The average molecular weight is 490 g/mol. The van der Waals surface area contributed by atoms with Gasteiger partial charge in [0.15, 0.2) is 0 Å². The molecule has 0 unspecified atom stereocenters. The van der Waals surface area contributed by atoms with Crippen LogP contribution in [-0.4, -0.2) is 41.9 Å². The molecular formula is C27H35N7S. The summed E-state index contributed by atoms with van der Waals surface area (Å²) >= 11 is 1.56. The fourth-order valence-electron chi connectivity index (χ4n) is 5.04. The lowest BCUT2D eigenvalue weighted by Crippen LogP contribution is -2.29. The second kappa shape index (κ2) is 12.5. The van der Waals surface area contributed by atoms with E-state index in [1.165, 1.54) is 10.5 Å². The largest absolute Gasteiger partial charge is 0.389 e. The summed E-state index contributed by atoms with van der Waals surface area (Å²) in [5.74, 6) is 0.837. The van der Waals surface area contributed by atoms with E-state index in [0.717, 1.165) is 75.8 Å². The first-order valence-corrected chi connectivity index (χ1v) is 13.1. The first-order chi connectivity index (χ1) is 17.0. The molecule has 3 heterocycles. The first kappa shape index (κ1) is 26.4. The number of hydrogen-bond acceptors (Lipinski definition) is 8. The third-order valence-electron chi connectivity index (χ3n) is 6.73. The number of anilines is 2. The minimum absolute atomic E-state index is 0.136. The van der Waals surface area contributed by atoms with Gasteiger partial charge in [-0.05, 0) is 62.8 Å². The molecule has 0 amide bonds. The van der Waals surface area contributed by atoms with Gasteiger partial charge in [0.05, 0.1) is 17.0 Å². The second-order valence-electron chi connectivity index (χ2n) is 8.85. The van der Waals surface area contributed by atoms with Crippen molar-refractivity contribution in [2.75, 3.05) is 36.8 Å². The van der Waals surface area contributed by atoms with Gasteiger partial charge in [-0.15, -0.1) is 24.2 Å². The Morgan fingerprint density at radius 2 is 2.14 bits per heavy atom. The summed E-state index contributed by atoms with van der Waals surface area (Å²) < 4.78 is 0. The van der Waals surface area contributed by atoms with Gasteiger partial charge in [0.2, 0.25) is 5.95 Å². The molecule has 4 rings (SSSR count). The molecule has 1 aliphatic carbocycles. The molecule has 0 bridgehead atoms. The van der Waals surface area contributed by atoms with Crippen molar-refractivity contribution in [3.8, 4) is 18.9 Å². The van der Waals surface area contributed by atoms with E-state index >= 15 is 0 Å². The topological polar surface area (TPSA) is 115 Å². The molecule has 35 heavy (non-hydrogen) atoms. The molecule has 8 heteroatoms. The first-order valence-electron chi connectivity index (χ1n) is 12.3. The number of nitrogen functional groups attached to an aromatic ring is 1. The van der Waals surface area contributed by atoms with Crippen LogP contribution in [0.15, 0.2) is 23.4 Å². The van der Waals surface area contributed by atoms with Crippen LogP contribution in [0, 0.1) is 29.6 Å². The number of rotatable bonds is 6. The lowest BCUT2D eigenvalue weighted by atomic mass is 9.78. The number of terminal acetylenes is 1. The number of nitrogens with zero attached hydrogens (tertiary/aromatic N) is 4. The SMILES string of the molecule is C#C.CCC/C(C(=N)c1ccnc(N2CCCNCC2)n1)=C(/C)[C@H]1CCCc2sc(N)c(C#N)c21. The highest BCUT2D eigenvalue weighted by molar-refractivity contribution is 7.16. The molecule has 7 nitrogen and oxygen atoms in total. The highest BCUT2D eigenvalue weighted by atomic mass is 32.1. The molecule has 1 saturated heterocycles. The van der Waals surface area contributed by atoms with Crippen LogP contribution < -0.4 is 16.0 Å². The Balaban J connectivity index is 0.00000167. The van der Waals surface area contributed by atoms with E-state index in [1.54, 1.807) is 17.5 Å². The van der Waals surface area contributed by atoms with Crippen molar-refractivity contribution in [1.29, 1.82) is 10.7 Å². The molecule has 0 saturated carbocycles. The highest BCUT2D eigenvalue weighted by Gasteiger charge is 2.30. The van der Waals surface area contributed by atoms with Crippen LogP contribution in [0.3, 0.4) is 0 Å². The lowest BCUT2D eigenvalue weighted by molar-refractivity contribution is 0.610. The van der Waals surface area contributed by atoms with Gasteiger partial charge >= 0.3 is 0 Å². The Kier molecular flexibility index (Phi) is 9.42. The van der Waals surface area contributed by atoms with Gasteiger partial charge in [-0.25, -0.2) is 9.97 Å². The second-order valence-corrected chi connectivity index (χ2v) is 9.99. The molecule has 1 fully saturated rings. The molecule has 0 spiro atoms. The maximum atomic E-state index is 9.76. The molecule has 2 aliphatic rings. The van der Waals surface area contributed by atoms with Gasteiger partial charge in [-0.3, -0.25) is 5.41 Å². The van der Waals surface area contributed by atoms with Crippen LogP contribution in [0.25, 0.3) is 0 Å². The minimum atomic E-state index is 0.136. The van der Waals surface area contributed by atoms with Gasteiger partial charge < -0.3 is 16.0 Å². The minimum Gasteiger partial charge on any atom is -0.389 e. The molecule has 1 atom stereocenters. The number of allylic oxidation sites excluding steroid dienone is 2. The summed E-state index contributed by atoms with van der Waals surface area (Å²) in [6.07, 6.45) is 15.6. The quantitative estimate of drug-likeness (QED) is 0.402. The predicted molar refractivity (Wildman–Crippen MR) is 145 cm³/mol. The van der Waals surface area contributed by atoms with Crippen LogP contribution in [-0.2, 0) is 6.42 Å². The Morgan fingerprint density at radius 1 is 1.34 bits per heavy atom. The average Bonchev–Trinajstić information content (AvgIpc) is 3.04. The van der Waals surface area contributed by atoms with Gasteiger partial charge in [-0.1, -0.05) is 18.9 Å². The van der Waals surface area contributed by atoms with Gasteiger partial charge in [-0.2, -0.15) is 5.26 Å². The van der Waals surface area contributed by atoms with Crippen molar-refractivity contribution in [1.82, 2.24) is 15.3 Å². The van der Waals surface area contributed by atoms with Crippen LogP contribution in [0.1, 0.15) is 73.6 Å². The molecule has 0 radical (unpaired) electrons. The summed E-state index contributed by atoms with van der Waals surface area (Å²) in [7, 11) is 0. The number of nitrogens with two attached hydrogens (primary N) is 1. The number of nitrogens with one attached hydrogen (secondary N) is 2. The van der Waals surface area contributed by atoms with Crippen molar-refractivity contribution in [2.45, 2.75) is 58.3 Å². The Bertz CT molecular complexity index is 1130. The molecular weight excluding hydrogens is 454 g/mol. The molecule has 184 valence electrons. The number of fused-ring (bicyclic) bond motifs is 1. The maximum Gasteiger partial charge on any atom is 0.225 e. The number of aromatic nitrogens is 2. The zero-order chi connectivity index (χ0) is 25.4. The molecule has 4 N–H and O–H groups in total. The van der Waals surface area contributed by atoms with Crippen LogP contribution in [0.4, 0.5) is 10.9 Å². The smallest absolute Gasteiger partial charge is 0.225 e. The van der Waals surface area contributed by atoms with E-state index in [4.69, 9.17) is 16.1 Å². The van der Waals surface area contributed by atoms with Crippen molar-refractivity contribution >= 4 is 28.0 Å². The molecule has 1 aliphatic heterocycles. The Labute approximate surface area is 213 Å². The summed E-state index contributed by atoms with van der Waals surface area (Å²) in [6, 6.07) is 4.19. The summed E-state index contributed by atoms with van der Waals surface area (Å²) in [4.78, 5) is 12.8. The van der Waals surface area contributed by atoms with Gasteiger partial charge in [0, 0.05) is 36.6 Å². The van der Waals surface area contributed by atoms with E-state index in [-0.39, 0.29) is 5.92 Å². The van der Waals surface area contributed by atoms with Crippen molar-refractivity contribution in [3.05, 3.63) is 45.1 Å². The summed E-state index contributed by atoms with van der Waals surface area (Å²) in [5.41, 5.74) is 11.3. The number of aryl methyl sites for hydroxylation is 1. The summed E-state index contributed by atoms with van der Waals surface area (Å²) in [5, 5.41) is 22.9. The monoisotopic (exact) mass is 489 g/mol. The van der Waals surface area contributed by atoms with E-state index < -0.39 is 0 Å². The van der Waals surface area contributed by atoms with Gasteiger partial charge in [0.25, 0.3) is 0 Å². The standard InChI is InChI=1S/C25H33N7S.C2H2/c1-3-6-18(16(2)17-7-4-8-21-22(17)19(15-26)24(28)33-21)23(27)20-9-11-30-25(31-20)32-13-5-10-29-12-14-32;1-2/h9,11,17,27,29H,3-8,10,12-14,28H2,1-2H3;1-2H/b18-16+,27-23?;/t17-;/m1./s1. The summed E-state index contributed by atoms with van der Waals surface area (Å²) in [6.45, 7) is 8.00. The maximum absolute atomic E-state index is 9.76. The fraction of sp³-hybridized carbons (Fsp3) is 0.481.